The molecule has 0 fully saturated rings. The summed E-state index contributed by atoms with van der Waals surface area (Å²) in [4.78, 5) is 26.4. The molecular weight excluding hydrogens is 402 g/mol. The number of ether oxygens (including phenoxy) is 3. The summed E-state index contributed by atoms with van der Waals surface area (Å²) in [5, 5.41) is 11.0. The van der Waals surface area contributed by atoms with E-state index in [2.05, 4.69) is 15.5 Å². The second kappa shape index (κ2) is 10.2. The van der Waals surface area contributed by atoms with Crippen molar-refractivity contribution in [2.45, 2.75) is 13.0 Å². The lowest BCUT2D eigenvalue weighted by Crippen LogP contribution is -2.36. The van der Waals surface area contributed by atoms with Crippen LogP contribution in [0.15, 0.2) is 48.8 Å². The summed E-state index contributed by atoms with van der Waals surface area (Å²) in [6.45, 7) is 0.0295. The van der Waals surface area contributed by atoms with Gasteiger partial charge >= 0.3 is 5.97 Å². The van der Waals surface area contributed by atoms with Crippen LogP contribution in [0.4, 0.5) is 0 Å². The quantitative estimate of drug-likeness (QED) is 0.474. The van der Waals surface area contributed by atoms with E-state index in [-0.39, 0.29) is 25.4 Å². The zero-order valence-electron chi connectivity index (χ0n) is 17.5. The first-order chi connectivity index (χ1) is 15.0. The first-order valence-corrected chi connectivity index (χ1v) is 9.41. The van der Waals surface area contributed by atoms with Gasteiger partial charge in [-0.3, -0.25) is 9.59 Å². The largest absolute Gasteiger partial charge is 0.497 e. The third-order valence-corrected chi connectivity index (χ3v) is 4.59. The van der Waals surface area contributed by atoms with Crippen LogP contribution in [-0.2, 0) is 27.3 Å². The highest BCUT2D eigenvalue weighted by atomic mass is 16.5. The predicted molar refractivity (Wildman–Crippen MR) is 110 cm³/mol. The Labute approximate surface area is 179 Å². The Morgan fingerprint density at radius 2 is 1.65 bits per heavy atom. The molecule has 0 radical (unpaired) electrons. The standard InChI is InChI=1S/C21H23N5O5/c1-29-18-8-16(9-19(11-18)30-2)12-25(13-21(28)31-3)20(27)10-15-4-6-17(7-5-15)26-14-22-23-24-26/h4-9,11,14H,10,12-13H2,1-3H3. The molecule has 10 nitrogen and oxygen atoms in total. The molecule has 1 heterocycles. The predicted octanol–water partition coefficient (Wildman–Crippen LogP) is 1.42. The van der Waals surface area contributed by atoms with Crippen molar-refractivity contribution in [1.29, 1.82) is 0 Å². The second-order valence-corrected chi connectivity index (χ2v) is 6.64. The maximum Gasteiger partial charge on any atom is 0.325 e. The van der Waals surface area contributed by atoms with Crippen LogP contribution < -0.4 is 9.47 Å². The van der Waals surface area contributed by atoms with Crippen LogP contribution in [-0.4, -0.2) is 64.9 Å². The number of rotatable bonds is 9. The molecule has 0 bridgehead atoms. The van der Waals surface area contributed by atoms with E-state index in [1.54, 1.807) is 32.4 Å². The minimum absolute atomic E-state index is 0.119. The van der Waals surface area contributed by atoms with Crippen LogP contribution in [0.3, 0.4) is 0 Å². The molecule has 162 valence electrons. The molecule has 0 aliphatic heterocycles. The number of tetrazole rings is 1. The number of hydrogen-bond donors (Lipinski definition) is 0. The van der Waals surface area contributed by atoms with Gasteiger partial charge < -0.3 is 19.1 Å². The molecule has 0 unspecified atom stereocenters. The zero-order chi connectivity index (χ0) is 22.2. The van der Waals surface area contributed by atoms with Crippen molar-refractivity contribution < 1.29 is 23.8 Å². The van der Waals surface area contributed by atoms with Gasteiger partial charge in [-0.05, 0) is 45.8 Å². The van der Waals surface area contributed by atoms with Gasteiger partial charge in [0.2, 0.25) is 5.91 Å². The summed E-state index contributed by atoms with van der Waals surface area (Å²) >= 11 is 0. The monoisotopic (exact) mass is 425 g/mol. The normalized spacial score (nSPS) is 10.4. The lowest BCUT2D eigenvalue weighted by molar-refractivity contribution is -0.147. The van der Waals surface area contributed by atoms with Crippen LogP contribution >= 0.6 is 0 Å². The van der Waals surface area contributed by atoms with Crippen molar-refractivity contribution in [2.24, 2.45) is 0 Å². The Morgan fingerprint density at radius 1 is 0.968 bits per heavy atom. The average molecular weight is 425 g/mol. The van der Waals surface area contributed by atoms with Crippen LogP contribution in [0.5, 0.6) is 11.5 Å². The highest BCUT2D eigenvalue weighted by molar-refractivity contribution is 5.83. The van der Waals surface area contributed by atoms with E-state index >= 15 is 0 Å². The van der Waals surface area contributed by atoms with Crippen LogP contribution in [0.25, 0.3) is 5.69 Å². The summed E-state index contributed by atoms with van der Waals surface area (Å²) in [7, 11) is 4.39. The van der Waals surface area contributed by atoms with E-state index in [1.807, 2.05) is 24.3 Å². The molecular formula is C21H23N5O5. The second-order valence-electron chi connectivity index (χ2n) is 6.64. The summed E-state index contributed by atoms with van der Waals surface area (Å²) < 4.78 is 16.9. The van der Waals surface area contributed by atoms with Gasteiger partial charge in [0.25, 0.3) is 0 Å². The topological polar surface area (TPSA) is 109 Å². The summed E-state index contributed by atoms with van der Waals surface area (Å²) in [5.74, 6) is 0.468. The Bertz CT molecular complexity index is 999. The molecule has 3 aromatic rings. The number of amides is 1. The summed E-state index contributed by atoms with van der Waals surface area (Å²) in [5.41, 5.74) is 2.33. The Kier molecular flexibility index (Phi) is 7.15. The van der Waals surface area contributed by atoms with E-state index in [0.717, 1.165) is 16.8 Å². The van der Waals surface area contributed by atoms with E-state index in [1.165, 1.54) is 23.0 Å². The van der Waals surface area contributed by atoms with Gasteiger partial charge in [-0.25, -0.2) is 4.68 Å². The minimum atomic E-state index is -0.503. The first-order valence-electron chi connectivity index (χ1n) is 9.41. The average Bonchev–Trinajstić information content (AvgIpc) is 3.33. The third kappa shape index (κ3) is 5.78. The van der Waals surface area contributed by atoms with E-state index in [9.17, 15) is 9.59 Å². The van der Waals surface area contributed by atoms with Crippen LogP contribution in [0.2, 0.25) is 0 Å². The van der Waals surface area contributed by atoms with Gasteiger partial charge in [-0.15, -0.1) is 5.10 Å². The van der Waals surface area contributed by atoms with Crippen LogP contribution in [0, 0.1) is 0 Å². The highest BCUT2D eigenvalue weighted by Crippen LogP contribution is 2.23. The van der Waals surface area contributed by atoms with Gasteiger partial charge in [-0.2, -0.15) is 0 Å². The molecule has 0 N–H and O–H groups in total. The molecule has 0 spiro atoms. The van der Waals surface area contributed by atoms with Gasteiger partial charge in [0.15, 0.2) is 0 Å². The van der Waals surface area contributed by atoms with Crippen molar-refractivity contribution in [1.82, 2.24) is 25.1 Å². The fourth-order valence-corrected chi connectivity index (χ4v) is 2.96. The van der Waals surface area contributed by atoms with E-state index in [0.29, 0.717) is 11.5 Å². The van der Waals surface area contributed by atoms with Crippen molar-refractivity contribution >= 4 is 11.9 Å². The highest BCUT2D eigenvalue weighted by Gasteiger charge is 2.19. The summed E-state index contributed by atoms with van der Waals surface area (Å²) in [6.07, 6.45) is 1.61. The van der Waals surface area contributed by atoms with E-state index < -0.39 is 5.97 Å². The molecule has 0 atom stereocenters. The number of benzene rings is 2. The lowest BCUT2D eigenvalue weighted by Gasteiger charge is -2.22. The number of esters is 1. The fraction of sp³-hybridized carbons (Fsp3) is 0.286. The van der Waals surface area contributed by atoms with Crippen molar-refractivity contribution in [3.63, 3.8) is 0 Å². The molecule has 1 aromatic heterocycles. The molecule has 3 rings (SSSR count). The molecule has 0 saturated heterocycles. The van der Waals surface area contributed by atoms with Gasteiger partial charge in [0, 0.05) is 12.6 Å². The summed E-state index contributed by atoms with van der Waals surface area (Å²) in [6, 6.07) is 12.6. The van der Waals surface area contributed by atoms with Crippen LogP contribution in [0.1, 0.15) is 11.1 Å². The first kappa shape index (κ1) is 21.8. The smallest absolute Gasteiger partial charge is 0.325 e. The maximum atomic E-state index is 13.0. The van der Waals surface area contributed by atoms with Gasteiger partial charge in [0.05, 0.1) is 33.4 Å². The third-order valence-electron chi connectivity index (χ3n) is 4.59. The van der Waals surface area contributed by atoms with Crippen molar-refractivity contribution in [3.05, 3.63) is 59.9 Å². The fourth-order valence-electron chi connectivity index (χ4n) is 2.96. The lowest BCUT2D eigenvalue weighted by atomic mass is 10.1. The number of hydrogen-bond acceptors (Lipinski definition) is 8. The molecule has 31 heavy (non-hydrogen) atoms. The molecule has 0 aliphatic rings. The van der Waals surface area contributed by atoms with Crippen molar-refractivity contribution in [2.75, 3.05) is 27.9 Å². The SMILES string of the molecule is COC(=O)CN(Cc1cc(OC)cc(OC)c1)C(=O)Cc1ccc(-n2cnnn2)cc1. The number of methoxy groups -OCH3 is 3. The van der Waals surface area contributed by atoms with Crippen molar-refractivity contribution in [3.8, 4) is 17.2 Å². The minimum Gasteiger partial charge on any atom is -0.497 e. The molecule has 10 heteroatoms. The number of carbonyl (C=O) groups is 2. The molecule has 1 amide bonds. The Balaban J connectivity index is 1.76. The van der Waals surface area contributed by atoms with Gasteiger partial charge in [0.1, 0.15) is 24.4 Å². The number of carbonyl (C=O) groups excluding carboxylic acids is 2. The number of aromatic nitrogens is 4. The van der Waals surface area contributed by atoms with E-state index in [4.69, 9.17) is 14.2 Å². The molecule has 0 aliphatic carbocycles. The molecule has 2 aromatic carbocycles. The maximum absolute atomic E-state index is 13.0. The zero-order valence-corrected chi connectivity index (χ0v) is 17.5. The number of nitrogens with zero attached hydrogens (tertiary/aromatic N) is 5. The van der Waals surface area contributed by atoms with Gasteiger partial charge in [-0.1, -0.05) is 12.1 Å². The Morgan fingerprint density at radius 3 is 2.19 bits per heavy atom. The molecule has 0 saturated carbocycles. The Hall–Kier alpha value is -3.95.